The Morgan fingerprint density at radius 3 is 2.63 bits per heavy atom. The van der Waals surface area contributed by atoms with E-state index in [0.717, 1.165) is 39.3 Å². The third-order valence-corrected chi connectivity index (χ3v) is 5.67. The number of morpholine rings is 1. The number of aromatic amines is 1. The van der Waals surface area contributed by atoms with E-state index < -0.39 is 0 Å². The Morgan fingerprint density at radius 1 is 1.13 bits per heavy atom. The van der Waals surface area contributed by atoms with Gasteiger partial charge in [-0.05, 0) is 48.6 Å². The van der Waals surface area contributed by atoms with Crippen LogP contribution in [0.3, 0.4) is 0 Å². The van der Waals surface area contributed by atoms with Crippen molar-refractivity contribution < 1.29 is 14.4 Å². The van der Waals surface area contributed by atoms with Gasteiger partial charge in [0.05, 0.1) is 36.3 Å². The second kappa shape index (κ2) is 9.34. The van der Waals surface area contributed by atoms with Crippen LogP contribution in [0.2, 0.25) is 0 Å². The Balaban J connectivity index is 1.41. The van der Waals surface area contributed by atoms with E-state index in [4.69, 9.17) is 17.0 Å². The van der Waals surface area contributed by atoms with E-state index in [9.17, 15) is 9.59 Å². The molecule has 1 aliphatic rings. The second-order valence-electron chi connectivity index (χ2n) is 7.38. The second-order valence-corrected chi connectivity index (χ2v) is 7.77. The van der Waals surface area contributed by atoms with Crippen molar-refractivity contribution in [3.05, 3.63) is 69.2 Å². The molecule has 3 N–H and O–H groups in total. The van der Waals surface area contributed by atoms with E-state index in [0.29, 0.717) is 33.5 Å². The summed E-state index contributed by atoms with van der Waals surface area (Å²) in [5, 5.41) is 3.53. The highest BCUT2D eigenvalue weighted by Gasteiger charge is 2.13. The minimum absolute atomic E-state index is 0.116. The molecule has 1 aromatic heterocycles. The Labute approximate surface area is 179 Å². The van der Waals surface area contributed by atoms with Crippen molar-refractivity contribution in [3.63, 3.8) is 0 Å². The van der Waals surface area contributed by atoms with E-state index in [-0.39, 0.29) is 11.5 Å². The zero-order chi connectivity index (χ0) is 20.9. The molecular formula is C22H25N4O3S+. The first-order valence-electron chi connectivity index (χ1n) is 10.2. The van der Waals surface area contributed by atoms with Gasteiger partial charge in [-0.3, -0.25) is 14.2 Å². The Hall–Kier alpha value is -2.81. The topological polar surface area (TPSA) is 80.6 Å². The number of ether oxygens (including phenoxy) is 1. The van der Waals surface area contributed by atoms with Crippen LogP contribution in [0.25, 0.3) is 16.6 Å². The molecule has 30 heavy (non-hydrogen) atoms. The predicted octanol–water partition coefficient (Wildman–Crippen LogP) is 1.08. The van der Waals surface area contributed by atoms with Gasteiger partial charge in [0.1, 0.15) is 13.1 Å². The van der Waals surface area contributed by atoms with Crippen LogP contribution in [0.1, 0.15) is 16.8 Å². The highest BCUT2D eigenvalue weighted by Crippen LogP contribution is 2.12. The fraction of sp³-hybridized carbons (Fsp3) is 0.318. The number of quaternary nitrogens is 1. The molecule has 0 aliphatic carbocycles. The molecule has 2 heterocycles. The van der Waals surface area contributed by atoms with Crippen LogP contribution in [0, 0.1) is 4.77 Å². The summed E-state index contributed by atoms with van der Waals surface area (Å²) in [5.41, 5.74) is 1.71. The number of carbonyl (C=O) groups excluding carboxylic acids is 1. The van der Waals surface area contributed by atoms with E-state index in [2.05, 4.69) is 10.3 Å². The summed E-state index contributed by atoms with van der Waals surface area (Å²) in [6.45, 7) is 5.37. The molecule has 0 saturated carbocycles. The number of fused-ring (bicyclic) bond motifs is 1. The number of amides is 1. The van der Waals surface area contributed by atoms with Gasteiger partial charge >= 0.3 is 0 Å². The van der Waals surface area contributed by atoms with Crippen LogP contribution in [-0.4, -0.2) is 54.9 Å². The zero-order valence-electron chi connectivity index (χ0n) is 16.6. The molecule has 1 saturated heterocycles. The summed E-state index contributed by atoms with van der Waals surface area (Å²) in [7, 11) is 0. The third kappa shape index (κ3) is 4.51. The average Bonchev–Trinajstić information content (AvgIpc) is 2.78. The molecule has 7 nitrogen and oxygen atoms in total. The van der Waals surface area contributed by atoms with Crippen LogP contribution in [0.4, 0.5) is 0 Å². The first-order chi connectivity index (χ1) is 14.6. The summed E-state index contributed by atoms with van der Waals surface area (Å²) in [5.74, 6) is -0.116. The third-order valence-electron chi connectivity index (χ3n) is 5.39. The van der Waals surface area contributed by atoms with Crippen molar-refractivity contribution in [2.45, 2.75) is 6.42 Å². The van der Waals surface area contributed by atoms with Gasteiger partial charge in [-0.2, -0.15) is 0 Å². The summed E-state index contributed by atoms with van der Waals surface area (Å²) in [6, 6.07) is 14.2. The first-order valence-corrected chi connectivity index (χ1v) is 10.6. The molecule has 0 spiro atoms. The highest BCUT2D eigenvalue weighted by atomic mass is 32.1. The number of hydrogen-bond acceptors (Lipinski definition) is 4. The summed E-state index contributed by atoms with van der Waals surface area (Å²) in [6.07, 6.45) is 0.931. The number of hydrogen-bond donors (Lipinski definition) is 3. The lowest BCUT2D eigenvalue weighted by Crippen LogP contribution is -3.14. The fourth-order valence-electron chi connectivity index (χ4n) is 3.71. The molecule has 3 aromatic rings. The molecule has 0 radical (unpaired) electrons. The number of aromatic nitrogens is 2. The lowest BCUT2D eigenvalue weighted by molar-refractivity contribution is -0.908. The number of nitrogens with zero attached hydrogens (tertiary/aromatic N) is 1. The van der Waals surface area contributed by atoms with E-state index in [1.54, 1.807) is 30.3 Å². The van der Waals surface area contributed by atoms with Gasteiger partial charge in [0.25, 0.3) is 11.5 Å². The number of H-pyrrole nitrogens is 1. The van der Waals surface area contributed by atoms with Crippen molar-refractivity contribution in [1.29, 1.82) is 0 Å². The lowest BCUT2D eigenvalue weighted by atomic mass is 10.2. The molecule has 1 amide bonds. The molecule has 0 unspecified atom stereocenters. The summed E-state index contributed by atoms with van der Waals surface area (Å²) < 4.78 is 7.13. The molecule has 156 valence electrons. The fourth-order valence-corrected chi connectivity index (χ4v) is 4.01. The Kier molecular flexibility index (Phi) is 6.37. The van der Waals surface area contributed by atoms with Crippen molar-refractivity contribution in [2.75, 3.05) is 39.4 Å². The molecule has 0 bridgehead atoms. The van der Waals surface area contributed by atoms with Gasteiger partial charge in [-0.15, -0.1) is 0 Å². The summed E-state index contributed by atoms with van der Waals surface area (Å²) >= 11 is 5.38. The maximum absolute atomic E-state index is 12.9. The van der Waals surface area contributed by atoms with E-state index >= 15 is 0 Å². The van der Waals surface area contributed by atoms with Gasteiger partial charge in [0.2, 0.25) is 0 Å². The van der Waals surface area contributed by atoms with Crippen molar-refractivity contribution in [2.24, 2.45) is 0 Å². The van der Waals surface area contributed by atoms with Gasteiger partial charge in [0, 0.05) is 18.5 Å². The van der Waals surface area contributed by atoms with Crippen LogP contribution in [0.5, 0.6) is 0 Å². The number of rotatable bonds is 6. The molecule has 1 fully saturated rings. The number of para-hydroxylation sites is 1. The average molecular weight is 426 g/mol. The van der Waals surface area contributed by atoms with Crippen LogP contribution in [-0.2, 0) is 4.74 Å². The van der Waals surface area contributed by atoms with Gasteiger partial charge in [-0.25, -0.2) is 0 Å². The molecule has 1 aliphatic heterocycles. The number of carbonyl (C=O) groups is 1. The molecular weight excluding hydrogens is 400 g/mol. The largest absolute Gasteiger partial charge is 0.370 e. The maximum Gasteiger partial charge on any atom is 0.266 e. The standard InChI is InChI=1S/C22H24N4O3S/c27-20(23-10-3-11-25-12-14-29-15-13-25)16-6-8-17(9-7-16)26-21(28)18-4-1-2-5-19(18)24-22(26)30/h1-2,4-9H,3,10-15H2,(H,23,27)(H,24,30)/p+1. The molecule has 4 rings (SSSR count). The Morgan fingerprint density at radius 2 is 1.87 bits per heavy atom. The predicted molar refractivity (Wildman–Crippen MR) is 118 cm³/mol. The minimum atomic E-state index is -0.183. The quantitative estimate of drug-likeness (QED) is 0.408. The monoisotopic (exact) mass is 425 g/mol. The van der Waals surface area contributed by atoms with Gasteiger partial charge < -0.3 is 19.9 Å². The van der Waals surface area contributed by atoms with Gasteiger partial charge in [0.15, 0.2) is 4.77 Å². The lowest BCUT2D eigenvalue weighted by Gasteiger charge is -2.23. The number of benzene rings is 2. The van der Waals surface area contributed by atoms with Gasteiger partial charge in [-0.1, -0.05) is 12.1 Å². The first kappa shape index (κ1) is 20.5. The number of nitrogens with one attached hydrogen (secondary N) is 3. The maximum atomic E-state index is 12.9. The van der Waals surface area contributed by atoms with E-state index in [1.165, 1.54) is 9.47 Å². The molecule has 8 heteroatoms. The smallest absolute Gasteiger partial charge is 0.266 e. The minimum Gasteiger partial charge on any atom is -0.370 e. The van der Waals surface area contributed by atoms with Crippen molar-refractivity contribution in [3.8, 4) is 5.69 Å². The van der Waals surface area contributed by atoms with Crippen molar-refractivity contribution >= 4 is 29.0 Å². The SMILES string of the molecule is O=C(NCCC[NH+]1CCOCC1)c1ccc(-n2c(=S)[nH]c3ccccc3c2=O)cc1. The molecule has 2 aromatic carbocycles. The Bertz CT molecular complexity index is 1150. The van der Waals surface area contributed by atoms with Crippen molar-refractivity contribution in [1.82, 2.24) is 14.9 Å². The molecule has 0 atom stereocenters. The van der Waals surface area contributed by atoms with Crippen LogP contribution < -0.4 is 15.8 Å². The van der Waals surface area contributed by atoms with Crippen LogP contribution in [0.15, 0.2) is 53.3 Å². The van der Waals surface area contributed by atoms with Crippen LogP contribution >= 0.6 is 12.2 Å². The summed E-state index contributed by atoms with van der Waals surface area (Å²) in [4.78, 5) is 29.9. The zero-order valence-corrected chi connectivity index (χ0v) is 17.5. The van der Waals surface area contributed by atoms with E-state index in [1.807, 2.05) is 18.2 Å². The highest BCUT2D eigenvalue weighted by molar-refractivity contribution is 7.71. The normalized spacial score (nSPS) is 14.7.